The van der Waals surface area contributed by atoms with E-state index in [0.717, 1.165) is 38.1 Å². The van der Waals surface area contributed by atoms with Crippen LogP contribution in [-0.2, 0) is 14.6 Å². The van der Waals surface area contributed by atoms with Crippen LogP contribution in [0.3, 0.4) is 0 Å². The minimum atomic E-state index is -3.44. The van der Waals surface area contributed by atoms with Crippen molar-refractivity contribution in [2.75, 3.05) is 43.2 Å². The zero-order chi connectivity index (χ0) is 23.1. The molecule has 2 fully saturated rings. The lowest BCUT2D eigenvalue weighted by atomic mass is 9.77. The van der Waals surface area contributed by atoms with Gasteiger partial charge in [0, 0.05) is 49.3 Å². The first-order valence-electron chi connectivity index (χ1n) is 10.6. The van der Waals surface area contributed by atoms with E-state index in [1.807, 2.05) is 12.3 Å². The van der Waals surface area contributed by atoms with Crippen molar-refractivity contribution in [3.05, 3.63) is 54.6 Å². The van der Waals surface area contributed by atoms with E-state index in [1.54, 1.807) is 12.1 Å². The molecule has 1 atom stereocenters. The fourth-order valence-electron chi connectivity index (χ4n) is 4.13. The molecule has 1 spiro atoms. The van der Waals surface area contributed by atoms with Gasteiger partial charge in [0.05, 0.1) is 13.2 Å². The number of aromatic nitrogens is 4. The van der Waals surface area contributed by atoms with Crippen LogP contribution in [0.2, 0.25) is 0 Å². The Morgan fingerprint density at radius 1 is 1.03 bits per heavy atom. The second kappa shape index (κ2) is 8.32. The lowest BCUT2D eigenvalue weighted by Crippen LogP contribution is -2.66. The van der Waals surface area contributed by atoms with E-state index in [9.17, 15) is 8.42 Å². The number of pyridine rings is 2. The number of likely N-dealkylation sites (tertiary alicyclic amines) is 1. The lowest BCUT2D eigenvalue weighted by Gasteiger charge is -2.57. The van der Waals surface area contributed by atoms with Crippen molar-refractivity contribution in [3.63, 3.8) is 0 Å². The van der Waals surface area contributed by atoms with Crippen molar-refractivity contribution in [1.82, 2.24) is 24.8 Å². The maximum atomic E-state index is 12.0. The summed E-state index contributed by atoms with van der Waals surface area (Å²) in [4.78, 5) is 19.6. The van der Waals surface area contributed by atoms with Crippen molar-refractivity contribution in [2.45, 2.75) is 17.9 Å². The summed E-state index contributed by atoms with van der Waals surface area (Å²) in [5.74, 6) is 1.79. The maximum Gasteiger partial charge on any atom is 0.179 e. The molecule has 10 nitrogen and oxygen atoms in total. The Morgan fingerprint density at radius 2 is 1.79 bits per heavy atom. The van der Waals surface area contributed by atoms with Crippen LogP contribution in [0.5, 0.6) is 0 Å². The molecule has 1 unspecified atom stereocenters. The van der Waals surface area contributed by atoms with Gasteiger partial charge in [-0.2, -0.15) is 0 Å². The molecule has 2 aliphatic heterocycles. The Morgan fingerprint density at radius 3 is 2.42 bits per heavy atom. The highest BCUT2D eigenvalue weighted by Crippen LogP contribution is 2.41. The first kappa shape index (κ1) is 21.7. The summed E-state index contributed by atoms with van der Waals surface area (Å²) in [6.45, 7) is 6.09. The second-order valence-electron chi connectivity index (χ2n) is 8.71. The number of nitrogens with one attached hydrogen (secondary N) is 2. The Balaban J connectivity index is 1.25. The highest BCUT2D eigenvalue weighted by atomic mass is 32.2. The molecule has 2 aliphatic rings. The summed E-state index contributed by atoms with van der Waals surface area (Å²) in [5, 5.41) is 6.11. The molecule has 5 rings (SSSR count). The zero-order valence-electron chi connectivity index (χ0n) is 18.4. The van der Waals surface area contributed by atoms with E-state index in [2.05, 4.69) is 48.5 Å². The Kier molecular flexibility index (Phi) is 5.47. The number of anilines is 4. The molecule has 33 heavy (non-hydrogen) atoms. The second-order valence-corrected chi connectivity index (χ2v) is 10.7. The normalized spacial score (nSPS) is 18.2. The summed E-state index contributed by atoms with van der Waals surface area (Å²) in [7, 11) is -3.44. The van der Waals surface area contributed by atoms with Gasteiger partial charge < -0.3 is 15.4 Å². The molecule has 3 aromatic heterocycles. The molecule has 0 radical (unpaired) electrons. The third kappa shape index (κ3) is 4.52. The topological polar surface area (TPSA) is 122 Å². The van der Waals surface area contributed by atoms with Gasteiger partial charge in [0.25, 0.3) is 0 Å². The van der Waals surface area contributed by atoms with Crippen molar-refractivity contribution in [2.24, 2.45) is 5.41 Å². The van der Waals surface area contributed by atoms with E-state index >= 15 is 0 Å². The van der Waals surface area contributed by atoms with Gasteiger partial charge in [0.1, 0.15) is 34.5 Å². The van der Waals surface area contributed by atoms with Gasteiger partial charge in [-0.15, -0.1) is 0 Å². The van der Waals surface area contributed by atoms with Gasteiger partial charge in [-0.05, 0) is 30.7 Å². The first-order chi connectivity index (χ1) is 15.8. The van der Waals surface area contributed by atoms with Crippen LogP contribution in [0.25, 0.3) is 0 Å². The third-order valence-electron chi connectivity index (χ3n) is 6.05. The number of rotatable bonds is 7. The molecule has 0 amide bonds. The van der Waals surface area contributed by atoms with Crippen LogP contribution in [0, 0.1) is 5.41 Å². The smallest absolute Gasteiger partial charge is 0.179 e. The minimum Gasteiger partial charge on any atom is -0.380 e. The lowest BCUT2D eigenvalue weighted by molar-refractivity contribution is -0.197. The third-order valence-corrected chi connectivity index (χ3v) is 7.18. The maximum absolute atomic E-state index is 12.0. The van der Waals surface area contributed by atoms with E-state index in [0.29, 0.717) is 28.9 Å². The van der Waals surface area contributed by atoms with E-state index < -0.39 is 9.84 Å². The predicted molar refractivity (Wildman–Crippen MR) is 123 cm³/mol. The number of nitrogens with zero attached hydrogens (tertiary/aromatic N) is 5. The minimum absolute atomic E-state index is 0.0995. The fraction of sp³-hybridized carbons (Fsp3) is 0.364. The molecule has 0 aliphatic carbocycles. The number of sulfone groups is 1. The first-order valence-corrected chi connectivity index (χ1v) is 12.5. The molecular weight excluding hydrogens is 442 g/mol. The quantitative estimate of drug-likeness (QED) is 0.536. The molecule has 3 aromatic rings. The van der Waals surface area contributed by atoms with Crippen LogP contribution < -0.4 is 10.6 Å². The highest BCUT2D eigenvalue weighted by Gasteiger charge is 2.50. The van der Waals surface area contributed by atoms with Gasteiger partial charge in [-0.3, -0.25) is 4.90 Å². The molecule has 0 saturated carbocycles. The summed E-state index contributed by atoms with van der Waals surface area (Å²) < 4.78 is 29.4. The van der Waals surface area contributed by atoms with E-state index in [1.165, 1.54) is 18.6 Å². The van der Waals surface area contributed by atoms with E-state index in [4.69, 9.17) is 4.74 Å². The molecule has 5 heterocycles. The molecular formula is C22H25N7O3S. The predicted octanol–water partition coefficient (Wildman–Crippen LogP) is 2.55. The van der Waals surface area contributed by atoms with Crippen LogP contribution in [-0.4, -0.2) is 65.8 Å². The SMILES string of the molecule is CC(c1ccc(Nc2cc(Nc3ncccc3S(C)(=O)=O)ncn2)nc1)N1CC2(COC2)C1. The van der Waals surface area contributed by atoms with Gasteiger partial charge >= 0.3 is 0 Å². The van der Waals surface area contributed by atoms with Crippen LogP contribution in [0.15, 0.2) is 53.9 Å². The van der Waals surface area contributed by atoms with Crippen LogP contribution in [0.1, 0.15) is 18.5 Å². The molecule has 2 N–H and O–H groups in total. The van der Waals surface area contributed by atoms with Gasteiger partial charge in [0.15, 0.2) is 9.84 Å². The Bertz CT molecular complexity index is 1250. The molecule has 0 bridgehead atoms. The molecule has 2 saturated heterocycles. The van der Waals surface area contributed by atoms with E-state index in [-0.39, 0.29) is 10.7 Å². The number of hydrogen-bond acceptors (Lipinski definition) is 10. The molecule has 11 heteroatoms. The van der Waals surface area contributed by atoms with Crippen molar-refractivity contribution >= 4 is 33.1 Å². The largest absolute Gasteiger partial charge is 0.380 e. The molecule has 0 aromatic carbocycles. The van der Waals surface area contributed by atoms with Gasteiger partial charge in [-0.25, -0.2) is 28.4 Å². The Labute approximate surface area is 192 Å². The number of ether oxygens (including phenoxy) is 1. The number of hydrogen-bond donors (Lipinski definition) is 2. The van der Waals surface area contributed by atoms with Crippen LogP contribution in [0.4, 0.5) is 23.3 Å². The van der Waals surface area contributed by atoms with Crippen molar-refractivity contribution < 1.29 is 13.2 Å². The molecule has 172 valence electrons. The highest BCUT2D eigenvalue weighted by molar-refractivity contribution is 7.90. The van der Waals surface area contributed by atoms with Gasteiger partial charge in [0.2, 0.25) is 0 Å². The average Bonchev–Trinajstić information content (AvgIpc) is 2.72. The Hall–Kier alpha value is -3.15. The fourth-order valence-corrected chi connectivity index (χ4v) is 4.91. The standard InChI is InChI=1S/C22H25N7O3S/c1-15(29-10-22(11-29)12-32-13-22)16-5-6-18(24-9-16)27-19-8-20(26-14-25-19)28-21-17(33(2,30)31)4-3-7-23-21/h3-9,14-15H,10-13H2,1-2H3,(H2,23,24,25,26,27,28). The van der Waals surface area contributed by atoms with Crippen molar-refractivity contribution in [1.29, 1.82) is 0 Å². The zero-order valence-corrected chi connectivity index (χ0v) is 19.2. The van der Waals surface area contributed by atoms with Gasteiger partial charge in [-0.1, -0.05) is 6.07 Å². The summed E-state index contributed by atoms with van der Waals surface area (Å²) in [6.07, 6.45) is 5.92. The average molecular weight is 468 g/mol. The summed E-state index contributed by atoms with van der Waals surface area (Å²) in [6, 6.07) is 9.02. The van der Waals surface area contributed by atoms with Crippen molar-refractivity contribution in [3.8, 4) is 0 Å². The summed E-state index contributed by atoms with van der Waals surface area (Å²) in [5.41, 5.74) is 1.54. The monoisotopic (exact) mass is 467 g/mol. The summed E-state index contributed by atoms with van der Waals surface area (Å²) >= 11 is 0. The van der Waals surface area contributed by atoms with Crippen LogP contribution >= 0.6 is 0 Å².